The van der Waals surface area contributed by atoms with Crippen LogP contribution in [-0.4, -0.2) is 5.91 Å². The molecule has 0 radical (unpaired) electrons. The molecule has 0 saturated carbocycles. The summed E-state index contributed by atoms with van der Waals surface area (Å²) in [4.78, 5) is 11.6. The van der Waals surface area contributed by atoms with E-state index in [9.17, 15) is 9.18 Å². The van der Waals surface area contributed by atoms with Crippen molar-refractivity contribution in [1.29, 1.82) is 0 Å². The molecule has 0 fully saturated rings. The van der Waals surface area contributed by atoms with Crippen molar-refractivity contribution >= 4 is 29.1 Å². The van der Waals surface area contributed by atoms with Gasteiger partial charge in [-0.25, -0.2) is 4.39 Å². The molecular weight excluding hydrogens is 376 g/mol. The van der Waals surface area contributed by atoms with Crippen LogP contribution in [0.5, 0.6) is 0 Å². The maximum atomic E-state index is 14.7. The molecule has 2 aromatic carbocycles. The van der Waals surface area contributed by atoms with Crippen LogP contribution in [-0.2, 0) is 14.9 Å². The molecule has 1 atom stereocenters. The highest BCUT2D eigenvalue weighted by molar-refractivity contribution is 6.34. The minimum atomic E-state index is -0.735. The topological polar surface area (TPSA) is 38.3 Å². The Morgan fingerprint density at radius 3 is 2.31 bits per heavy atom. The van der Waals surface area contributed by atoms with Crippen molar-refractivity contribution < 1.29 is 13.9 Å². The molecule has 1 unspecified atom stereocenters. The highest BCUT2D eigenvalue weighted by Gasteiger charge is 2.28. The Bertz CT molecular complexity index is 889. The highest BCUT2D eigenvalue weighted by Crippen LogP contribution is 2.37. The number of nitrogens with one attached hydrogen (secondary N) is 1. The third-order valence-electron chi connectivity index (χ3n) is 4.68. The van der Waals surface area contributed by atoms with Gasteiger partial charge in [0.2, 0.25) is 5.91 Å². The number of carbonyl (C=O) groups is 1. The first kappa shape index (κ1) is 18.7. The van der Waals surface area contributed by atoms with Gasteiger partial charge in [0.05, 0.1) is 6.26 Å². The van der Waals surface area contributed by atoms with Crippen LogP contribution in [0.2, 0.25) is 10.0 Å². The smallest absolute Gasteiger partial charge is 0.250 e. The fraction of sp³-hybridized carbons (Fsp3) is 0.250. The standard InChI is InChI=1S/C20H18Cl2FNO2/c1-11-16(19-24-18(25)4-5-26-19)8-13(9-17(11)23)20(2,3)12-6-14(21)10-15(22)7-12/h4-10,19H,1-3H3,(H,24,25). The zero-order valence-electron chi connectivity index (χ0n) is 14.6. The van der Waals surface area contributed by atoms with Gasteiger partial charge in [-0.05, 0) is 53.9 Å². The zero-order valence-corrected chi connectivity index (χ0v) is 16.1. The Balaban J connectivity index is 2.10. The van der Waals surface area contributed by atoms with E-state index in [2.05, 4.69) is 5.32 Å². The summed E-state index contributed by atoms with van der Waals surface area (Å²) in [5.41, 5.74) is 2.01. The van der Waals surface area contributed by atoms with Gasteiger partial charge >= 0.3 is 0 Å². The second kappa shape index (κ2) is 6.93. The molecule has 1 amide bonds. The van der Waals surface area contributed by atoms with Crippen LogP contribution in [0.1, 0.15) is 42.3 Å². The van der Waals surface area contributed by atoms with Crippen LogP contribution < -0.4 is 5.32 Å². The molecule has 3 rings (SSSR count). The van der Waals surface area contributed by atoms with Gasteiger partial charge in [-0.1, -0.05) is 37.0 Å². The van der Waals surface area contributed by atoms with Crippen molar-refractivity contribution in [2.75, 3.05) is 0 Å². The van der Waals surface area contributed by atoms with E-state index in [-0.39, 0.29) is 11.7 Å². The maximum Gasteiger partial charge on any atom is 0.250 e. The van der Waals surface area contributed by atoms with Gasteiger partial charge in [-0.3, -0.25) is 4.79 Å². The second-order valence-electron chi connectivity index (χ2n) is 6.78. The van der Waals surface area contributed by atoms with E-state index in [0.29, 0.717) is 21.2 Å². The Labute approximate surface area is 161 Å². The molecule has 0 spiro atoms. The van der Waals surface area contributed by atoms with Crippen LogP contribution in [0, 0.1) is 12.7 Å². The minimum Gasteiger partial charge on any atom is -0.474 e. The molecule has 1 N–H and O–H groups in total. The average Bonchev–Trinajstić information content (AvgIpc) is 2.56. The first-order chi connectivity index (χ1) is 12.2. The van der Waals surface area contributed by atoms with Crippen LogP contribution in [0.15, 0.2) is 42.7 Å². The van der Waals surface area contributed by atoms with Crippen LogP contribution >= 0.6 is 23.2 Å². The summed E-state index contributed by atoms with van der Waals surface area (Å²) >= 11 is 12.3. The summed E-state index contributed by atoms with van der Waals surface area (Å²) < 4.78 is 20.1. The van der Waals surface area contributed by atoms with Crippen molar-refractivity contribution in [2.24, 2.45) is 0 Å². The van der Waals surface area contributed by atoms with Gasteiger partial charge in [0.1, 0.15) is 5.82 Å². The van der Waals surface area contributed by atoms with E-state index in [1.54, 1.807) is 13.0 Å². The van der Waals surface area contributed by atoms with Crippen molar-refractivity contribution in [1.82, 2.24) is 5.32 Å². The third kappa shape index (κ3) is 3.57. The van der Waals surface area contributed by atoms with E-state index in [1.807, 2.05) is 32.0 Å². The average molecular weight is 394 g/mol. The lowest BCUT2D eigenvalue weighted by Gasteiger charge is -2.29. The van der Waals surface area contributed by atoms with Gasteiger partial charge in [0.15, 0.2) is 6.23 Å². The Kier molecular flexibility index (Phi) is 5.00. The van der Waals surface area contributed by atoms with Crippen molar-refractivity contribution in [3.05, 3.63) is 80.8 Å². The van der Waals surface area contributed by atoms with Crippen molar-refractivity contribution in [2.45, 2.75) is 32.4 Å². The number of ether oxygens (including phenoxy) is 1. The van der Waals surface area contributed by atoms with Gasteiger partial charge in [-0.2, -0.15) is 0 Å². The Morgan fingerprint density at radius 1 is 1.08 bits per heavy atom. The molecule has 1 aliphatic heterocycles. The number of benzene rings is 2. The van der Waals surface area contributed by atoms with E-state index < -0.39 is 11.6 Å². The summed E-state index contributed by atoms with van der Waals surface area (Å²) in [6.07, 6.45) is 1.86. The normalized spacial score (nSPS) is 17.0. The molecule has 2 aromatic rings. The van der Waals surface area contributed by atoms with E-state index in [0.717, 1.165) is 11.1 Å². The zero-order chi connectivity index (χ0) is 19.1. The molecule has 0 bridgehead atoms. The Hall–Kier alpha value is -2.04. The van der Waals surface area contributed by atoms with Gasteiger partial charge < -0.3 is 10.1 Å². The molecule has 1 heterocycles. The van der Waals surface area contributed by atoms with E-state index >= 15 is 0 Å². The maximum absolute atomic E-state index is 14.7. The SMILES string of the molecule is Cc1c(F)cc(C(C)(C)c2cc(Cl)cc(Cl)c2)cc1C1NC(=O)C=CO1. The number of carbonyl (C=O) groups excluding carboxylic acids is 1. The lowest BCUT2D eigenvalue weighted by Crippen LogP contribution is -2.32. The third-order valence-corrected chi connectivity index (χ3v) is 5.12. The summed E-state index contributed by atoms with van der Waals surface area (Å²) in [5, 5.41) is 3.71. The number of hydrogen-bond donors (Lipinski definition) is 1. The van der Waals surface area contributed by atoms with Crippen molar-refractivity contribution in [3.63, 3.8) is 0 Å². The highest BCUT2D eigenvalue weighted by atomic mass is 35.5. The van der Waals surface area contributed by atoms with Crippen LogP contribution in [0.3, 0.4) is 0 Å². The lowest BCUT2D eigenvalue weighted by atomic mass is 9.77. The van der Waals surface area contributed by atoms with Crippen molar-refractivity contribution in [3.8, 4) is 0 Å². The molecule has 6 heteroatoms. The lowest BCUT2D eigenvalue weighted by molar-refractivity contribution is -0.121. The molecule has 0 aromatic heterocycles. The summed E-state index contributed by atoms with van der Waals surface area (Å²) in [6, 6.07) is 8.62. The second-order valence-corrected chi connectivity index (χ2v) is 7.66. The molecule has 136 valence electrons. The quantitative estimate of drug-likeness (QED) is 0.755. The predicted octanol–water partition coefficient (Wildman–Crippen LogP) is 5.43. The van der Waals surface area contributed by atoms with Gasteiger partial charge in [-0.15, -0.1) is 0 Å². The minimum absolute atomic E-state index is 0.285. The van der Waals surface area contributed by atoms with Crippen LogP contribution in [0.25, 0.3) is 0 Å². The van der Waals surface area contributed by atoms with Gasteiger partial charge in [0.25, 0.3) is 0 Å². The largest absolute Gasteiger partial charge is 0.474 e. The molecule has 0 saturated heterocycles. The summed E-state index contributed by atoms with van der Waals surface area (Å²) in [7, 11) is 0. The molecule has 0 aliphatic carbocycles. The Morgan fingerprint density at radius 2 is 1.69 bits per heavy atom. The van der Waals surface area contributed by atoms with Gasteiger partial charge in [0, 0.05) is 27.1 Å². The predicted molar refractivity (Wildman–Crippen MR) is 101 cm³/mol. The fourth-order valence-corrected chi connectivity index (χ4v) is 3.48. The summed E-state index contributed by atoms with van der Waals surface area (Å²) in [5.74, 6) is -0.654. The molecule has 26 heavy (non-hydrogen) atoms. The van der Waals surface area contributed by atoms with E-state index in [1.165, 1.54) is 18.4 Å². The number of halogens is 3. The fourth-order valence-electron chi connectivity index (χ4n) is 2.96. The molecular formula is C20H18Cl2FNO2. The van der Waals surface area contributed by atoms with E-state index in [4.69, 9.17) is 27.9 Å². The summed E-state index contributed by atoms with van der Waals surface area (Å²) in [6.45, 7) is 5.58. The number of hydrogen-bond acceptors (Lipinski definition) is 2. The first-order valence-electron chi connectivity index (χ1n) is 8.08. The monoisotopic (exact) mass is 393 g/mol. The molecule has 3 nitrogen and oxygen atoms in total. The first-order valence-corrected chi connectivity index (χ1v) is 8.83. The van der Waals surface area contributed by atoms with Crippen LogP contribution in [0.4, 0.5) is 4.39 Å². The molecule has 1 aliphatic rings. The number of amides is 1. The number of rotatable bonds is 3.